The number of benzene rings is 1. The van der Waals surface area contributed by atoms with Crippen LogP contribution in [0.2, 0.25) is 0 Å². The summed E-state index contributed by atoms with van der Waals surface area (Å²) >= 11 is 0. The van der Waals surface area contributed by atoms with Crippen molar-refractivity contribution in [3.05, 3.63) is 51.9 Å². The van der Waals surface area contributed by atoms with Crippen molar-refractivity contribution in [2.45, 2.75) is 52.0 Å². The number of rotatable bonds is 5. The fourth-order valence-electron chi connectivity index (χ4n) is 3.81. The first-order valence-corrected chi connectivity index (χ1v) is 9.62. The average molecular weight is 369 g/mol. The lowest BCUT2D eigenvalue weighted by molar-refractivity contribution is 0.0636. The van der Waals surface area contributed by atoms with Gasteiger partial charge < -0.3 is 9.64 Å². The Bertz CT molecular complexity index is 869. The Labute approximate surface area is 159 Å². The molecule has 0 saturated heterocycles. The van der Waals surface area contributed by atoms with Gasteiger partial charge in [0.25, 0.3) is 11.5 Å². The molecule has 0 radical (unpaired) electrons. The van der Waals surface area contributed by atoms with Crippen LogP contribution in [0, 0.1) is 6.92 Å². The Kier molecular flexibility index (Phi) is 5.94. The summed E-state index contributed by atoms with van der Waals surface area (Å²) in [7, 11) is 1.46. The molecule has 1 heterocycles. The average Bonchev–Trinajstić information content (AvgIpc) is 2.69. The maximum absolute atomic E-state index is 13.3. The van der Waals surface area contributed by atoms with Crippen molar-refractivity contribution < 1.29 is 9.53 Å². The zero-order valence-electron chi connectivity index (χ0n) is 16.3. The van der Waals surface area contributed by atoms with Crippen LogP contribution in [-0.2, 0) is 0 Å². The topological polar surface area (TPSA) is 64.4 Å². The lowest BCUT2D eigenvalue weighted by Crippen LogP contribution is -2.42. The van der Waals surface area contributed by atoms with Gasteiger partial charge in [-0.25, -0.2) is 0 Å². The highest BCUT2D eigenvalue weighted by Crippen LogP contribution is 2.25. The van der Waals surface area contributed by atoms with Crippen molar-refractivity contribution in [3.8, 4) is 11.4 Å². The number of amides is 1. The van der Waals surface area contributed by atoms with Crippen LogP contribution in [0.1, 0.15) is 55.1 Å². The van der Waals surface area contributed by atoms with Gasteiger partial charge in [0.1, 0.15) is 0 Å². The summed E-state index contributed by atoms with van der Waals surface area (Å²) in [4.78, 5) is 27.7. The van der Waals surface area contributed by atoms with E-state index >= 15 is 0 Å². The van der Waals surface area contributed by atoms with Crippen molar-refractivity contribution in [1.29, 1.82) is 0 Å². The quantitative estimate of drug-likeness (QED) is 0.811. The number of carbonyl (C=O) groups excluding carboxylic acids is 1. The van der Waals surface area contributed by atoms with E-state index in [0.29, 0.717) is 12.2 Å². The summed E-state index contributed by atoms with van der Waals surface area (Å²) in [6.45, 7) is 4.50. The molecule has 1 aliphatic carbocycles. The second-order valence-electron chi connectivity index (χ2n) is 6.98. The van der Waals surface area contributed by atoms with Crippen LogP contribution in [-0.4, -0.2) is 40.3 Å². The maximum atomic E-state index is 13.3. The molecule has 6 nitrogen and oxygen atoms in total. The summed E-state index contributed by atoms with van der Waals surface area (Å²) in [6, 6.07) is 9.06. The highest BCUT2D eigenvalue weighted by molar-refractivity contribution is 5.95. The van der Waals surface area contributed by atoms with Crippen LogP contribution >= 0.6 is 0 Å². The fourth-order valence-corrected chi connectivity index (χ4v) is 3.81. The molecule has 3 rings (SSSR count). The summed E-state index contributed by atoms with van der Waals surface area (Å²) < 4.78 is 6.62. The van der Waals surface area contributed by atoms with Crippen LogP contribution in [0.15, 0.2) is 35.1 Å². The van der Waals surface area contributed by atoms with E-state index in [1.807, 2.05) is 43.0 Å². The number of carbonyl (C=O) groups is 1. The largest absolute Gasteiger partial charge is 0.494 e. The maximum Gasteiger partial charge on any atom is 0.278 e. The number of para-hydroxylation sites is 1. The number of hydrogen-bond acceptors (Lipinski definition) is 4. The molecule has 0 N–H and O–H groups in total. The summed E-state index contributed by atoms with van der Waals surface area (Å²) in [5.41, 5.74) is 1.45. The Morgan fingerprint density at radius 1 is 1.26 bits per heavy atom. The van der Waals surface area contributed by atoms with Gasteiger partial charge in [0.2, 0.25) is 0 Å². The summed E-state index contributed by atoms with van der Waals surface area (Å²) in [6.07, 6.45) is 5.53. The normalized spacial score (nSPS) is 14.8. The van der Waals surface area contributed by atoms with Gasteiger partial charge in [-0.3, -0.25) is 9.59 Å². The third-order valence-corrected chi connectivity index (χ3v) is 5.28. The summed E-state index contributed by atoms with van der Waals surface area (Å²) in [5.74, 6) is 0.0488. The molecule has 0 aliphatic heterocycles. The molecule has 1 aromatic heterocycles. The second-order valence-corrected chi connectivity index (χ2v) is 6.98. The third kappa shape index (κ3) is 3.89. The van der Waals surface area contributed by atoms with Crippen LogP contribution < -0.4 is 10.3 Å². The number of ether oxygens (including phenoxy) is 1. The number of aryl methyl sites for hydroxylation is 1. The Morgan fingerprint density at radius 3 is 2.59 bits per heavy atom. The van der Waals surface area contributed by atoms with Gasteiger partial charge in [-0.1, -0.05) is 37.5 Å². The van der Waals surface area contributed by atoms with Crippen molar-refractivity contribution >= 4 is 5.91 Å². The van der Waals surface area contributed by atoms with Gasteiger partial charge in [0.15, 0.2) is 11.4 Å². The molecule has 1 fully saturated rings. The number of hydrogen-bond donors (Lipinski definition) is 0. The predicted molar refractivity (Wildman–Crippen MR) is 105 cm³/mol. The number of methoxy groups -OCH3 is 1. The Morgan fingerprint density at radius 2 is 1.96 bits per heavy atom. The fraction of sp³-hybridized carbons (Fsp3) is 0.476. The first-order chi connectivity index (χ1) is 13.1. The van der Waals surface area contributed by atoms with Gasteiger partial charge in [0.05, 0.1) is 18.9 Å². The molecule has 1 saturated carbocycles. The van der Waals surface area contributed by atoms with E-state index in [0.717, 1.165) is 31.2 Å². The Balaban J connectivity index is 2.05. The zero-order chi connectivity index (χ0) is 19.4. The molecule has 1 amide bonds. The molecule has 144 valence electrons. The van der Waals surface area contributed by atoms with E-state index in [2.05, 4.69) is 5.10 Å². The first-order valence-electron chi connectivity index (χ1n) is 9.62. The molecule has 0 atom stereocenters. The monoisotopic (exact) mass is 369 g/mol. The molecule has 1 aromatic carbocycles. The predicted octanol–water partition coefficient (Wildman–Crippen LogP) is 3.34. The van der Waals surface area contributed by atoms with Crippen molar-refractivity contribution in [1.82, 2.24) is 14.7 Å². The zero-order valence-corrected chi connectivity index (χ0v) is 16.3. The minimum atomic E-state index is -0.321. The van der Waals surface area contributed by atoms with Crippen LogP contribution in [0.5, 0.6) is 5.75 Å². The van der Waals surface area contributed by atoms with E-state index in [1.54, 1.807) is 0 Å². The summed E-state index contributed by atoms with van der Waals surface area (Å²) in [5, 5.41) is 4.43. The van der Waals surface area contributed by atoms with Gasteiger partial charge in [-0.15, -0.1) is 0 Å². The number of nitrogens with zero attached hydrogens (tertiary/aromatic N) is 3. The van der Waals surface area contributed by atoms with Gasteiger partial charge in [-0.05, 0) is 38.3 Å². The first kappa shape index (κ1) is 19.1. The lowest BCUT2D eigenvalue weighted by Gasteiger charge is -2.33. The van der Waals surface area contributed by atoms with E-state index in [1.165, 1.54) is 24.3 Å². The molecule has 6 heteroatoms. The standard InChI is InChI=1S/C21H27N3O3/c1-4-23(16-11-6-5-7-12-16)21(26)20-18(27-3)14-19(25)24(22-20)17-13-9-8-10-15(17)2/h8-10,13-14,16H,4-7,11-12H2,1-3H3. The van der Waals surface area contributed by atoms with E-state index < -0.39 is 0 Å². The third-order valence-electron chi connectivity index (χ3n) is 5.28. The number of aromatic nitrogens is 2. The Hall–Kier alpha value is -2.63. The van der Waals surface area contributed by atoms with Gasteiger partial charge in [-0.2, -0.15) is 9.78 Å². The molecule has 0 spiro atoms. The van der Waals surface area contributed by atoms with Crippen LogP contribution in [0.4, 0.5) is 0 Å². The highest BCUT2D eigenvalue weighted by Gasteiger charge is 2.29. The molecule has 0 bridgehead atoms. The van der Waals surface area contributed by atoms with E-state index in [9.17, 15) is 9.59 Å². The van der Waals surface area contributed by atoms with E-state index in [-0.39, 0.29) is 29.0 Å². The highest BCUT2D eigenvalue weighted by atomic mass is 16.5. The van der Waals surface area contributed by atoms with Crippen LogP contribution in [0.3, 0.4) is 0 Å². The molecule has 0 unspecified atom stereocenters. The van der Waals surface area contributed by atoms with Crippen LogP contribution in [0.25, 0.3) is 5.69 Å². The van der Waals surface area contributed by atoms with Gasteiger partial charge in [0, 0.05) is 12.6 Å². The smallest absolute Gasteiger partial charge is 0.278 e. The molecular weight excluding hydrogens is 342 g/mol. The second kappa shape index (κ2) is 8.37. The lowest BCUT2D eigenvalue weighted by atomic mass is 9.94. The van der Waals surface area contributed by atoms with Crippen molar-refractivity contribution in [2.75, 3.05) is 13.7 Å². The minimum Gasteiger partial charge on any atom is -0.494 e. The molecule has 1 aliphatic rings. The van der Waals surface area contributed by atoms with Gasteiger partial charge >= 0.3 is 0 Å². The SMILES string of the molecule is CCN(C(=O)c1nn(-c2ccccc2C)c(=O)cc1OC)C1CCCCC1. The van der Waals surface area contributed by atoms with Crippen molar-refractivity contribution in [3.63, 3.8) is 0 Å². The molecule has 27 heavy (non-hydrogen) atoms. The minimum absolute atomic E-state index is 0.177. The van der Waals surface area contributed by atoms with E-state index in [4.69, 9.17) is 4.74 Å². The molecule has 2 aromatic rings. The van der Waals surface area contributed by atoms with Crippen molar-refractivity contribution in [2.24, 2.45) is 0 Å². The molecular formula is C21H27N3O3.